The van der Waals surface area contributed by atoms with Gasteiger partial charge in [-0.1, -0.05) is 19.1 Å². The molecule has 0 aromatic heterocycles. The number of likely N-dealkylation sites (tertiary alicyclic amines) is 1. The third-order valence-electron chi connectivity index (χ3n) is 5.62. The molecule has 0 bridgehead atoms. The molecule has 1 aromatic carbocycles. The van der Waals surface area contributed by atoms with E-state index in [9.17, 15) is 13.2 Å². The van der Waals surface area contributed by atoms with Crippen LogP contribution in [0.25, 0.3) is 0 Å². The van der Waals surface area contributed by atoms with Gasteiger partial charge < -0.3 is 9.64 Å². The first-order valence-corrected chi connectivity index (χ1v) is 10.8. The zero-order valence-electron chi connectivity index (χ0n) is 15.6. The van der Waals surface area contributed by atoms with Crippen LogP contribution in [-0.2, 0) is 26.0 Å². The number of aryl methyl sites for hydroxylation is 1. The number of benzene rings is 1. The molecule has 0 N–H and O–H groups in total. The first-order chi connectivity index (χ1) is 12.5. The maximum absolute atomic E-state index is 13.3. The molecule has 0 saturated carbocycles. The number of piperidine rings is 1. The Bertz CT molecular complexity index is 747. The second-order valence-corrected chi connectivity index (χ2v) is 8.96. The van der Waals surface area contributed by atoms with Gasteiger partial charge in [0.05, 0.1) is 11.5 Å². The Morgan fingerprint density at radius 3 is 2.38 bits per heavy atom. The molecule has 144 valence electrons. The van der Waals surface area contributed by atoms with Gasteiger partial charge >= 0.3 is 0 Å². The summed E-state index contributed by atoms with van der Waals surface area (Å²) in [6.07, 6.45) is 3.59. The number of carbonyl (C=O) groups is 1. The minimum absolute atomic E-state index is 0.0629. The molecule has 2 saturated heterocycles. The van der Waals surface area contributed by atoms with Crippen LogP contribution in [0, 0.1) is 0 Å². The van der Waals surface area contributed by atoms with E-state index in [2.05, 4.69) is 0 Å². The molecule has 1 aromatic rings. The fourth-order valence-corrected chi connectivity index (χ4v) is 6.00. The van der Waals surface area contributed by atoms with Crippen LogP contribution in [0.5, 0.6) is 0 Å². The summed E-state index contributed by atoms with van der Waals surface area (Å²) in [5, 5.41) is 0. The number of sulfonamides is 1. The fraction of sp³-hybridized carbons (Fsp3) is 0.632. The lowest BCUT2D eigenvalue weighted by molar-refractivity contribution is -0.145. The number of rotatable bonds is 6. The van der Waals surface area contributed by atoms with Crippen LogP contribution in [0.1, 0.15) is 38.2 Å². The Kier molecular flexibility index (Phi) is 5.69. The molecule has 7 heteroatoms. The van der Waals surface area contributed by atoms with Crippen molar-refractivity contribution in [3.8, 4) is 0 Å². The van der Waals surface area contributed by atoms with Gasteiger partial charge in [0.2, 0.25) is 15.9 Å². The second kappa shape index (κ2) is 7.66. The number of hydrogen-bond acceptors (Lipinski definition) is 4. The zero-order valence-corrected chi connectivity index (χ0v) is 16.4. The van der Waals surface area contributed by atoms with Crippen molar-refractivity contribution in [3.05, 3.63) is 29.8 Å². The molecular weight excluding hydrogens is 352 g/mol. The summed E-state index contributed by atoms with van der Waals surface area (Å²) < 4.78 is 33.2. The van der Waals surface area contributed by atoms with Crippen LogP contribution < -0.4 is 0 Å². The van der Waals surface area contributed by atoms with Gasteiger partial charge in [0.25, 0.3) is 0 Å². The van der Waals surface area contributed by atoms with E-state index >= 15 is 0 Å². The van der Waals surface area contributed by atoms with Crippen molar-refractivity contribution in [3.63, 3.8) is 0 Å². The topological polar surface area (TPSA) is 66.9 Å². The fourth-order valence-electron chi connectivity index (χ4n) is 4.17. The number of amides is 1. The lowest BCUT2D eigenvalue weighted by Gasteiger charge is -2.43. The molecule has 1 atom stereocenters. The van der Waals surface area contributed by atoms with E-state index in [1.54, 1.807) is 24.1 Å². The van der Waals surface area contributed by atoms with E-state index in [-0.39, 0.29) is 10.8 Å². The Hall–Kier alpha value is -1.44. The van der Waals surface area contributed by atoms with E-state index in [1.807, 2.05) is 19.1 Å². The van der Waals surface area contributed by atoms with Crippen LogP contribution >= 0.6 is 0 Å². The summed E-state index contributed by atoms with van der Waals surface area (Å²) in [6.45, 7) is 4.09. The van der Waals surface area contributed by atoms with Gasteiger partial charge in [0.1, 0.15) is 5.54 Å². The average Bonchev–Trinajstić information content (AvgIpc) is 3.08. The average molecular weight is 381 g/mol. The van der Waals surface area contributed by atoms with E-state index in [4.69, 9.17) is 4.74 Å². The standard InChI is InChI=1S/C19H28N2O4S/c1-3-16-6-8-17(9-7-16)26(23,24)21-13-5-11-19(21)10-4-12-20(18(19)22)14-15-25-2/h6-9H,3-5,10-15H2,1-2H3. The Balaban J connectivity index is 1.91. The smallest absolute Gasteiger partial charge is 0.244 e. The predicted octanol–water partition coefficient (Wildman–Crippen LogP) is 2.04. The highest BCUT2D eigenvalue weighted by molar-refractivity contribution is 7.89. The van der Waals surface area contributed by atoms with Gasteiger partial charge in [-0.15, -0.1) is 0 Å². The first kappa shape index (κ1) is 19.3. The maximum Gasteiger partial charge on any atom is 0.244 e. The number of hydrogen-bond donors (Lipinski definition) is 0. The molecule has 1 unspecified atom stereocenters. The van der Waals surface area contributed by atoms with Crippen molar-refractivity contribution >= 4 is 15.9 Å². The zero-order chi connectivity index (χ0) is 18.8. The Morgan fingerprint density at radius 2 is 1.77 bits per heavy atom. The van der Waals surface area contributed by atoms with Crippen LogP contribution in [0.2, 0.25) is 0 Å². The predicted molar refractivity (Wildman–Crippen MR) is 99.4 cm³/mol. The maximum atomic E-state index is 13.3. The number of ether oxygens (including phenoxy) is 1. The highest BCUT2D eigenvalue weighted by Crippen LogP contribution is 2.41. The number of nitrogens with zero attached hydrogens (tertiary/aromatic N) is 2. The lowest BCUT2D eigenvalue weighted by Crippen LogP contribution is -2.61. The lowest BCUT2D eigenvalue weighted by atomic mass is 9.86. The van der Waals surface area contributed by atoms with Crippen molar-refractivity contribution in [1.29, 1.82) is 0 Å². The van der Waals surface area contributed by atoms with Gasteiger partial charge in [0.15, 0.2) is 0 Å². The second-order valence-electron chi connectivity index (χ2n) is 7.10. The van der Waals surface area contributed by atoms with Gasteiger partial charge in [-0.25, -0.2) is 8.42 Å². The van der Waals surface area contributed by atoms with Gasteiger partial charge in [-0.2, -0.15) is 4.31 Å². The van der Waals surface area contributed by atoms with Crippen LogP contribution in [-0.4, -0.2) is 62.4 Å². The van der Waals surface area contributed by atoms with Crippen molar-refractivity contribution in [2.75, 3.05) is 33.4 Å². The van der Waals surface area contributed by atoms with Crippen molar-refractivity contribution < 1.29 is 17.9 Å². The molecule has 3 rings (SSSR count). The van der Waals surface area contributed by atoms with E-state index in [0.29, 0.717) is 39.1 Å². The van der Waals surface area contributed by atoms with Crippen molar-refractivity contribution in [1.82, 2.24) is 9.21 Å². The van der Waals surface area contributed by atoms with Gasteiger partial charge in [-0.3, -0.25) is 4.79 Å². The minimum atomic E-state index is -3.69. The SMILES string of the molecule is CCc1ccc(S(=O)(=O)N2CCCC23CCCN(CCOC)C3=O)cc1. The summed E-state index contributed by atoms with van der Waals surface area (Å²) in [4.78, 5) is 15.2. The number of carbonyl (C=O) groups excluding carboxylic acids is 1. The third kappa shape index (κ3) is 3.28. The van der Waals surface area contributed by atoms with E-state index in [0.717, 1.165) is 24.8 Å². The molecule has 1 spiro atoms. The molecule has 1 amide bonds. The summed E-state index contributed by atoms with van der Waals surface area (Å²) >= 11 is 0. The Labute approximate surface area is 156 Å². The van der Waals surface area contributed by atoms with E-state index < -0.39 is 15.6 Å². The van der Waals surface area contributed by atoms with Gasteiger partial charge in [0, 0.05) is 26.7 Å². The molecule has 2 heterocycles. The van der Waals surface area contributed by atoms with Crippen LogP contribution in [0.15, 0.2) is 29.2 Å². The minimum Gasteiger partial charge on any atom is -0.383 e. The molecular formula is C19H28N2O4S. The normalized spacial score (nSPS) is 24.5. The highest BCUT2D eigenvalue weighted by Gasteiger charge is 2.55. The highest BCUT2D eigenvalue weighted by atomic mass is 32.2. The quantitative estimate of drug-likeness (QED) is 0.757. The summed E-state index contributed by atoms with van der Waals surface area (Å²) in [6, 6.07) is 7.03. The molecule has 2 aliphatic heterocycles. The van der Waals surface area contributed by atoms with E-state index in [1.165, 1.54) is 4.31 Å². The van der Waals surface area contributed by atoms with Crippen molar-refractivity contribution in [2.45, 2.75) is 49.5 Å². The molecule has 6 nitrogen and oxygen atoms in total. The summed E-state index contributed by atoms with van der Waals surface area (Å²) in [7, 11) is -2.09. The Morgan fingerprint density at radius 1 is 1.12 bits per heavy atom. The van der Waals surface area contributed by atoms with Crippen LogP contribution in [0.3, 0.4) is 0 Å². The third-order valence-corrected chi connectivity index (χ3v) is 7.60. The number of methoxy groups -OCH3 is 1. The molecule has 2 aliphatic rings. The monoisotopic (exact) mass is 380 g/mol. The summed E-state index contributed by atoms with van der Waals surface area (Å²) in [5.41, 5.74) is 0.174. The largest absolute Gasteiger partial charge is 0.383 e. The summed E-state index contributed by atoms with van der Waals surface area (Å²) in [5.74, 6) is -0.0629. The molecule has 26 heavy (non-hydrogen) atoms. The van der Waals surface area contributed by atoms with Crippen LogP contribution in [0.4, 0.5) is 0 Å². The first-order valence-electron chi connectivity index (χ1n) is 9.36. The van der Waals surface area contributed by atoms with Gasteiger partial charge in [-0.05, 0) is 49.8 Å². The molecule has 0 aliphatic carbocycles. The molecule has 0 radical (unpaired) electrons. The van der Waals surface area contributed by atoms with Crippen molar-refractivity contribution in [2.24, 2.45) is 0 Å². The molecule has 2 fully saturated rings.